The molecule has 1 fully saturated rings. The molecule has 1 atom stereocenters. The third kappa shape index (κ3) is 2.90. The Hall–Kier alpha value is -1.62. The minimum absolute atomic E-state index is 0.240. The summed E-state index contributed by atoms with van der Waals surface area (Å²) >= 11 is 7.36. The van der Waals surface area contributed by atoms with Gasteiger partial charge >= 0.3 is 0 Å². The van der Waals surface area contributed by atoms with Crippen molar-refractivity contribution in [2.45, 2.75) is 12.5 Å². The maximum Gasteiger partial charge on any atom is 0.147 e. The number of epoxide rings is 1. The highest BCUT2D eigenvalue weighted by atomic mass is 79.9. The summed E-state index contributed by atoms with van der Waals surface area (Å²) in [6.45, 7) is 1.39. The van der Waals surface area contributed by atoms with Crippen LogP contribution in [0.1, 0.15) is 11.1 Å². The van der Waals surface area contributed by atoms with Crippen LogP contribution < -0.4 is 4.74 Å². The standard InChI is InChI=1S/C22H16Br2O2/c23-20-9-14(10-21(24)22(20)26-12-15-11-25-15)17-6-3-7-18-16-5-2-1-4-13(16)8-19(17)18/h1-7,9-10,15H,8,11-12H2. The molecule has 0 aromatic heterocycles. The Morgan fingerprint density at radius 2 is 1.62 bits per heavy atom. The topological polar surface area (TPSA) is 21.8 Å². The van der Waals surface area contributed by atoms with E-state index in [0.717, 1.165) is 27.7 Å². The van der Waals surface area contributed by atoms with E-state index in [1.807, 2.05) is 0 Å². The van der Waals surface area contributed by atoms with E-state index in [1.54, 1.807) is 0 Å². The second-order valence-corrected chi connectivity index (χ2v) is 8.41. The lowest BCUT2D eigenvalue weighted by Crippen LogP contribution is -2.05. The van der Waals surface area contributed by atoms with Gasteiger partial charge in [0.2, 0.25) is 0 Å². The van der Waals surface area contributed by atoms with E-state index in [9.17, 15) is 0 Å². The lowest BCUT2D eigenvalue weighted by atomic mass is 9.96. The van der Waals surface area contributed by atoms with E-state index >= 15 is 0 Å². The molecule has 2 nitrogen and oxygen atoms in total. The van der Waals surface area contributed by atoms with E-state index < -0.39 is 0 Å². The first-order valence-electron chi connectivity index (χ1n) is 8.64. The molecule has 5 rings (SSSR count). The molecule has 1 heterocycles. The molecule has 26 heavy (non-hydrogen) atoms. The van der Waals surface area contributed by atoms with Crippen molar-refractivity contribution >= 4 is 31.9 Å². The average Bonchev–Trinajstić information content (AvgIpc) is 3.39. The van der Waals surface area contributed by atoms with Crippen molar-refractivity contribution in [1.29, 1.82) is 0 Å². The molecule has 3 aromatic carbocycles. The number of fused-ring (bicyclic) bond motifs is 3. The SMILES string of the molecule is Brc1cc(-c2cccc3c2Cc2ccccc2-3)cc(Br)c1OCC1CO1. The van der Waals surface area contributed by atoms with Gasteiger partial charge in [0.25, 0.3) is 0 Å². The number of halogens is 2. The fraction of sp³-hybridized carbons (Fsp3) is 0.182. The molecule has 0 spiro atoms. The first kappa shape index (κ1) is 16.5. The van der Waals surface area contributed by atoms with Crippen molar-refractivity contribution in [2.75, 3.05) is 13.2 Å². The Morgan fingerprint density at radius 1 is 0.923 bits per heavy atom. The van der Waals surface area contributed by atoms with E-state index in [4.69, 9.17) is 9.47 Å². The first-order chi connectivity index (χ1) is 12.7. The molecule has 1 aliphatic carbocycles. The number of benzene rings is 3. The van der Waals surface area contributed by atoms with Gasteiger partial charge in [-0.3, -0.25) is 0 Å². The van der Waals surface area contributed by atoms with Crippen molar-refractivity contribution in [3.8, 4) is 28.0 Å². The highest BCUT2D eigenvalue weighted by molar-refractivity contribution is 9.11. The van der Waals surface area contributed by atoms with Crippen LogP contribution in [0, 0.1) is 0 Å². The van der Waals surface area contributed by atoms with Gasteiger partial charge in [0, 0.05) is 0 Å². The molecule has 130 valence electrons. The summed E-state index contributed by atoms with van der Waals surface area (Å²) in [6.07, 6.45) is 1.22. The molecule has 0 N–H and O–H groups in total. The van der Waals surface area contributed by atoms with Gasteiger partial charge < -0.3 is 9.47 Å². The number of hydrogen-bond donors (Lipinski definition) is 0. The van der Waals surface area contributed by atoms with Crippen LogP contribution in [0.3, 0.4) is 0 Å². The van der Waals surface area contributed by atoms with E-state index in [2.05, 4.69) is 86.5 Å². The third-order valence-corrected chi connectivity index (χ3v) is 6.15. The zero-order valence-corrected chi connectivity index (χ0v) is 17.1. The normalized spacial score (nSPS) is 16.9. The van der Waals surface area contributed by atoms with Crippen LogP contribution >= 0.6 is 31.9 Å². The molecule has 0 amide bonds. The Labute approximate surface area is 169 Å². The van der Waals surface area contributed by atoms with E-state index in [0.29, 0.717) is 6.61 Å². The lowest BCUT2D eigenvalue weighted by Gasteiger charge is -2.14. The maximum absolute atomic E-state index is 5.91. The molecule has 1 unspecified atom stereocenters. The Balaban J connectivity index is 1.55. The highest BCUT2D eigenvalue weighted by Gasteiger charge is 2.25. The Bertz CT molecular complexity index is 986. The van der Waals surface area contributed by atoms with Gasteiger partial charge in [-0.1, -0.05) is 42.5 Å². The van der Waals surface area contributed by atoms with Crippen LogP contribution in [0.4, 0.5) is 0 Å². The summed E-state index contributed by atoms with van der Waals surface area (Å²) in [6, 6.07) is 19.5. The molecule has 0 bridgehead atoms. The Morgan fingerprint density at radius 3 is 2.38 bits per heavy atom. The van der Waals surface area contributed by atoms with Gasteiger partial charge in [-0.2, -0.15) is 0 Å². The Kier molecular flexibility index (Phi) is 4.15. The summed E-state index contributed by atoms with van der Waals surface area (Å²) in [5.41, 5.74) is 7.95. The molecule has 1 aliphatic heterocycles. The van der Waals surface area contributed by atoms with Gasteiger partial charge in [0.05, 0.1) is 15.6 Å². The average molecular weight is 472 g/mol. The quantitative estimate of drug-likeness (QED) is 0.329. The van der Waals surface area contributed by atoms with Crippen molar-refractivity contribution in [3.63, 3.8) is 0 Å². The first-order valence-corrected chi connectivity index (χ1v) is 10.2. The smallest absolute Gasteiger partial charge is 0.147 e. The molecular formula is C22H16Br2O2. The largest absolute Gasteiger partial charge is 0.488 e. The zero-order valence-electron chi connectivity index (χ0n) is 14.0. The van der Waals surface area contributed by atoms with Crippen LogP contribution in [-0.2, 0) is 11.2 Å². The van der Waals surface area contributed by atoms with E-state index in [-0.39, 0.29) is 6.10 Å². The number of rotatable bonds is 4. The summed E-state index contributed by atoms with van der Waals surface area (Å²) in [4.78, 5) is 0. The predicted molar refractivity (Wildman–Crippen MR) is 111 cm³/mol. The van der Waals surface area contributed by atoms with Crippen molar-refractivity contribution < 1.29 is 9.47 Å². The maximum atomic E-state index is 5.91. The van der Waals surface area contributed by atoms with Crippen LogP contribution in [0.25, 0.3) is 22.3 Å². The number of ether oxygens (including phenoxy) is 2. The third-order valence-electron chi connectivity index (χ3n) is 4.98. The summed E-state index contributed by atoms with van der Waals surface area (Å²) in [7, 11) is 0. The van der Waals surface area contributed by atoms with Crippen LogP contribution in [0.15, 0.2) is 63.5 Å². The van der Waals surface area contributed by atoms with Gasteiger partial charge in [0.1, 0.15) is 18.5 Å². The fourth-order valence-corrected chi connectivity index (χ4v) is 5.04. The molecule has 4 heteroatoms. The number of hydrogen-bond acceptors (Lipinski definition) is 2. The highest BCUT2D eigenvalue weighted by Crippen LogP contribution is 2.44. The van der Waals surface area contributed by atoms with Gasteiger partial charge in [-0.25, -0.2) is 0 Å². The van der Waals surface area contributed by atoms with Crippen LogP contribution in [0.2, 0.25) is 0 Å². The molecule has 0 radical (unpaired) electrons. The molecule has 1 saturated heterocycles. The van der Waals surface area contributed by atoms with Crippen molar-refractivity contribution in [3.05, 3.63) is 74.7 Å². The predicted octanol–water partition coefficient (Wildman–Crippen LogP) is 6.23. The monoisotopic (exact) mass is 470 g/mol. The second-order valence-electron chi connectivity index (χ2n) is 6.70. The summed E-state index contributed by atoms with van der Waals surface area (Å²) < 4.78 is 13.0. The molecule has 3 aromatic rings. The lowest BCUT2D eigenvalue weighted by molar-refractivity contribution is 0.260. The van der Waals surface area contributed by atoms with E-state index in [1.165, 1.54) is 33.4 Å². The van der Waals surface area contributed by atoms with Crippen molar-refractivity contribution in [2.24, 2.45) is 0 Å². The van der Waals surface area contributed by atoms with Gasteiger partial charge in [-0.15, -0.1) is 0 Å². The van der Waals surface area contributed by atoms with Gasteiger partial charge in [-0.05, 0) is 83.8 Å². The van der Waals surface area contributed by atoms with Crippen molar-refractivity contribution in [1.82, 2.24) is 0 Å². The zero-order chi connectivity index (χ0) is 17.7. The fourth-order valence-electron chi connectivity index (χ4n) is 3.62. The molecular weight excluding hydrogens is 456 g/mol. The molecule has 2 aliphatic rings. The minimum Gasteiger partial charge on any atom is -0.488 e. The van der Waals surface area contributed by atoms with Crippen LogP contribution in [0.5, 0.6) is 5.75 Å². The van der Waals surface area contributed by atoms with Crippen LogP contribution in [-0.4, -0.2) is 19.3 Å². The minimum atomic E-state index is 0.240. The summed E-state index contributed by atoms with van der Waals surface area (Å²) in [5, 5.41) is 0. The van der Waals surface area contributed by atoms with Gasteiger partial charge in [0.15, 0.2) is 0 Å². The molecule has 0 saturated carbocycles. The second kappa shape index (κ2) is 6.52. The summed E-state index contributed by atoms with van der Waals surface area (Å²) in [5.74, 6) is 0.833.